The normalized spacial score (nSPS) is 11.1. The minimum absolute atomic E-state index is 0.167. The van der Waals surface area contributed by atoms with Crippen molar-refractivity contribution < 1.29 is 13.5 Å². The zero-order chi connectivity index (χ0) is 20.2. The quantitative estimate of drug-likeness (QED) is 0.535. The first-order chi connectivity index (χ1) is 13.4. The van der Waals surface area contributed by atoms with Crippen LogP contribution in [0.2, 0.25) is 0 Å². The molecule has 0 saturated heterocycles. The van der Waals surface area contributed by atoms with Crippen LogP contribution in [0.4, 0.5) is 8.78 Å². The number of hydrogen-bond acceptors (Lipinski definition) is 4. The SMILES string of the molecule is COc1cc2ncc3c(c2cc1C)n(-c1c(F)cc(C#N)cc1F)c(=O)n3C. The van der Waals surface area contributed by atoms with Crippen LogP contribution in [-0.4, -0.2) is 21.2 Å². The Bertz CT molecular complexity index is 1360. The summed E-state index contributed by atoms with van der Waals surface area (Å²) in [7, 11) is 3.04. The van der Waals surface area contributed by atoms with Gasteiger partial charge in [-0.05, 0) is 30.7 Å². The average molecular weight is 380 g/mol. The van der Waals surface area contributed by atoms with E-state index >= 15 is 0 Å². The largest absolute Gasteiger partial charge is 0.496 e. The van der Waals surface area contributed by atoms with Crippen LogP contribution in [0.1, 0.15) is 11.1 Å². The fourth-order valence-electron chi connectivity index (χ4n) is 3.40. The van der Waals surface area contributed by atoms with Gasteiger partial charge in [0.1, 0.15) is 11.4 Å². The van der Waals surface area contributed by atoms with E-state index in [1.807, 2.05) is 6.92 Å². The molecular weight excluding hydrogens is 366 g/mol. The number of ether oxygens (including phenoxy) is 1. The number of nitrogens with zero attached hydrogens (tertiary/aromatic N) is 4. The van der Waals surface area contributed by atoms with Gasteiger partial charge in [0.05, 0.1) is 41.5 Å². The number of methoxy groups -OCH3 is 1. The maximum Gasteiger partial charge on any atom is 0.333 e. The molecule has 2 aromatic carbocycles. The predicted octanol–water partition coefficient (Wildman–Crippen LogP) is 3.34. The van der Waals surface area contributed by atoms with Crippen molar-refractivity contribution in [1.82, 2.24) is 14.1 Å². The monoisotopic (exact) mass is 380 g/mol. The number of imidazole rings is 1. The molecule has 140 valence electrons. The second-order valence-corrected chi connectivity index (χ2v) is 6.41. The number of hydrogen-bond donors (Lipinski definition) is 0. The molecule has 28 heavy (non-hydrogen) atoms. The highest BCUT2D eigenvalue weighted by Crippen LogP contribution is 2.31. The van der Waals surface area contributed by atoms with Gasteiger partial charge < -0.3 is 4.74 Å². The Hall–Kier alpha value is -3.73. The molecule has 0 amide bonds. The van der Waals surface area contributed by atoms with Crippen LogP contribution in [0.25, 0.3) is 27.6 Å². The standard InChI is InChI=1S/C20H14F2N4O2/c1-10-4-12-15(7-17(10)28-3)24-9-16-18(12)26(20(27)25(16)2)19-13(21)5-11(8-23)6-14(19)22/h4-7,9H,1-3H3. The summed E-state index contributed by atoms with van der Waals surface area (Å²) >= 11 is 0. The molecule has 0 aliphatic carbocycles. The lowest BCUT2D eigenvalue weighted by Gasteiger charge is -2.10. The topological polar surface area (TPSA) is 72.8 Å². The number of halogens is 2. The summed E-state index contributed by atoms with van der Waals surface area (Å²) in [6.45, 7) is 1.82. The Kier molecular flexibility index (Phi) is 3.89. The Labute approximate surface area is 157 Å². The van der Waals surface area contributed by atoms with E-state index < -0.39 is 23.0 Å². The third-order valence-electron chi connectivity index (χ3n) is 4.77. The van der Waals surface area contributed by atoms with Crippen molar-refractivity contribution in [1.29, 1.82) is 5.26 Å². The molecule has 0 N–H and O–H groups in total. The number of benzene rings is 2. The van der Waals surface area contributed by atoms with Crippen LogP contribution in [0.15, 0.2) is 35.3 Å². The van der Waals surface area contributed by atoms with Crippen molar-refractivity contribution >= 4 is 21.9 Å². The van der Waals surface area contributed by atoms with Crippen molar-refractivity contribution in [2.45, 2.75) is 6.92 Å². The summed E-state index contributed by atoms with van der Waals surface area (Å²) in [5, 5.41) is 9.48. The van der Waals surface area contributed by atoms with Gasteiger partial charge in [-0.25, -0.2) is 13.6 Å². The number of fused-ring (bicyclic) bond motifs is 3. The number of aromatic nitrogens is 3. The van der Waals surface area contributed by atoms with Gasteiger partial charge in [0.15, 0.2) is 11.6 Å². The van der Waals surface area contributed by atoms with Crippen LogP contribution >= 0.6 is 0 Å². The lowest BCUT2D eigenvalue weighted by atomic mass is 10.1. The molecule has 2 heterocycles. The molecule has 0 bridgehead atoms. The van der Waals surface area contributed by atoms with E-state index in [0.29, 0.717) is 27.7 Å². The summed E-state index contributed by atoms with van der Waals surface area (Å²) in [6, 6.07) is 6.97. The highest BCUT2D eigenvalue weighted by atomic mass is 19.1. The Morgan fingerprint density at radius 1 is 1.18 bits per heavy atom. The first-order valence-electron chi connectivity index (χ1n) is 8.31. The van der Waals surface area contributed by atoms with Gasteiger partial charge in [0, 0.05) is 18.5 Å². The molecule has 4 rings (SSSR count). The van der Waals surface area contributed by atoms with Crippen LogP contribution in [0, 0.1) is 29.9 Å². The maximum atomic E-state index is 14.7. The van der Waals surface area contributed by atoms with E-state index in [2.05, 4.69) is 4.98 Å². The highest BCUT2D eigenvalue weighted by Gasteiger charge is 2.22. The molecule has 0 unspecified atom stereocenters. The molecule has 8 heteroatoms. The zero-order valence-electron chi connectivity index (χ0n) is 15.2. The molecule has 0 atom stereocenters. The number of aryl methyl sites for hydroxylation is 2. The Balaban J connectivity index is 2.22. The van der Waals surface area contributed by atoms with Gasteiger partial charge in [-0.2, -0.15) is 5.26 Å². The molecule has 4 aromatic rings. The summed E-state index contributed by atoms with van der Waals surface area (Å²) < 4.78 is 37.0. The summed E-state index contributed by atoms with van der Waals surface area (Å²) in [4.78, 5) is 17.2. The average Bonchev–Trinajstić information content (AvgIpc) is 2.92. The summed E-state index contributed by atoms with van der Waals surface area (Å²) in [5.41, 5.74) is 0.725. The van der Waals surface area contributed by atoms with Crippen molar-refractivity contribution in [3.63, 3.8) is 0 Å². The Morgan fingerprint density at radius 3 is 2.46 bits per heavy atom. The minimum atomic E-state index is -0.999. The van der Waals surface area contributed by atoms with Gasteiger partial charge in [-0.1, -0.05) is 0 Å². The van der Waals surface area contributed by atoms with E-state index in [4.69, 9.17) is 10.00 Å². The van der Waals surface area contributed by atoms with E-state index in [1.54, 1.807) is 18.2 Å². The molecule has 0 spiro atoms. The van der Waals surface area contributed by atoms with Crippen LogP contribution < -0.4 is 10.4 Å². The van der Waals surface area contributed by atoms with Crippen LogP contribution in [-0.2, 0) is 7.05 Å². The third-order valence-corrected chi connectivity index (χ3v) is 4.77. The van der Waals surface area contributed by atoms with Crippen LogP contribution in [0.3, 0.4) is 0 Å². The summed E-state index contributed by atoms with van der Waals surface area (Å²) in [5.74, 6) is -1.39. The second-order valence-electron chi connectivity index (χ2n) is 6.41. The highest BCUT2D eigenvalue weighted by molar-refractivity contribution is 6.04. The van der Waals surface area contributed by atoms with Crippen LogP contribution in [0.5, 0.6) is 5.75 Å². The molecule has 0 fully saturated rings. The zero-order valence-corrected chi connectivity index (χ0v) is 15.2. The van der Waals surface area contributed by atoms with Gasteiger partial charge >= 0.3 is 5.69 Å². The Morgan fingerprint density at radius 2 is 1.86 bits per heavy atom. The molecule has 6 nitrogen and oxygen atoms in total. The van der Waals surface area contributed by atoms with E-state index in [0.717, 1.165) is 22.3 Å². The first-order valence-corrected chi connectivity index (χ1v) is 8.31. The predicted molar refractivity (Wildman–Crippen MR) is 99.7 cm³/mol. The fraction of sp³-hybridized carbons (Fsp3) is 0.150. The molecule has 0 radical (unpaired) electrons. The lowest BCUT2D eigenvalue weighted by Crippen LogP contribution is -2.22. The van der Waals surface area contributed by atoms with Crippen molar-refractivity contribution in [2.24, 2.45) is 7.05 Å². The maximum absolute atomic E-state index is 14.7. The third kappa shape index (κ3) is 2.36. The fourth-order valence-corrected chi connectivity index (χ4v) is 3.40. The van der Waals surface area contributed by atoms with Crippen molar-refractivity contribution in [2.75, 3.05) is 7.11 Å². The molecular formula is C20H14F2N4O2. The number of pyridine rings is 1. The van der Waals surface area contributed by atoms with E-state index in [9.17, 15) is 13.6 Å². The van der Waals surface area contributed by atoms with Gasteiger partial charge in [0.2, 0.25) is 0 Å². The smallest absolute Gasteiger partial charge is 0.333 e. The second kappa shape index (κ2) is 6.16. The molecule has 0 saturated carbocycles. The number of nitriles is 1. The molecule has 0 aliphatic heterocycles. The van der Waals surface area contributed by atoms with Gasteiger partial charge in [-0.3, -0.25) is 14.1 Å². The van der Waals surface area contributed by atoms with E-state index in [-0.39, 0.29) is 5.56 Å². The van der Waals surface area contributed by atoms with Gasteiger partial charge in [0.25, 0.3) is 0 Å². The van der Waals surface area contributed by atoms with Crippen molar-refractivity contribution in [3.8, 4) is 17.5 Å². The minimum Gasteiger partial charge on any atom is -0.496 e. The first kappa shape index (κ1) is 17.7. The van der Waals surface area contributed by atoms with Gasteiger partial charge in [-0.15, -0.1) is 0 Å². The van der Waals surface area contributed by atoms with E-state index in [1.165, 1.54) is 24.9 Å². The lowest BCUT2D eigenvalue weighted by molar-refractivity contribution is 0.412. The van der Waals surface area contributed by atoms with Crippen molar-refractivity contribution in [3.05, 3.63) is 63.7 Å². The summed E-state index contributed by atoms with van der Waals surface area (Å²) in [6.07, 6.45) is 1.48. The molecule has 0 aliphatic rings. The molecule has 2 aromatic heterocycles. The number of rotatable bonds is 2.